The van der Waals surface area contributed by atoms with Gasteiger partial charge in [-0.2, -0.15) is 0 Å². The van der Waals surface area contributed by atoms with Crippen molar-refractivity contribution in [3.05, 3.63) is 50.7 Å². The molecule has 192 valence electrons. The summed E-state index contributed by atoms with van der Waals surface area (Å²) in [7, 11) is 1.32. The summed E-state index contributed by atoms with van der Waals surface area (Å²) in [6.45, 7) is 14.1. The average Bonchev–Trinajstić information content (AvgIpc) is 3.20. The lowest BCUT2D eigenvalue weighted by Crippen LogP contribution is -2.29. The predicted octanol–water partition coefficient (Wildman–Crippen LogP) is 5.41. The second-order valence-electron chi connectivity index (χ2n) is 9.96. The summed E-state index contributed by atoms with van der Waals surface area (Å²) in [5.41, 5.74) is 2.41. The molecule has 0 aliphatic heterocycles. The Morgan fingerprint density at radius 3 is 2.17 bits per heavy atom. The molecule has 1 N–H and O–H groups in total. The number of carbonyl (C=O) groups excluding carboxylic acids is 3. The first-order valence-corrected chi connectivity index (χ1v) is 12.9. The van der Waals surface area contributed by atoms with Crippen molar-refractivity contribution in [1.82, 2.24) is 5.32 Å². The van der Waals surface area contributed by atoms with Crippen molar-refractivity contribution in [2.75, 3.05) is 26.8 Å². The minimum Gasteiger partial charge on any atom is -0.486 e. The quantitative estimate of drug-likeness (QED) is 0.309. The largest absolute Gasteiger partial charge is 0.486 e. The van der Waals surface area contributed by atoms with E-state index in [4.69, 9.17) is 4.74 Å². The van der Waals surface area contributed by atoms with Gasteiger partial charge in [0.1, 0.15) is 12.4 Å². The van der Waals surface area contributed by atoms with Gasteiger partial charge >= 0.3 is 5.97 Å². The molecule has 1 aromatic heterocycles. The number of aryl methyl sites for hydroxylation is 2. The topological polar surface area (TPSA) is 81.7 Å². The smallest absolute Gasteiger partial charge is 0.319 e. The summed E-state index contributed by atoms with van der Waals surface area (Å²) in [4.78, 5) is 38.3. The van der Waals surface area contributed by atoms with Crippen LogP contribution in [-0.2, 0) is 19.7 Å². The third-order valence-electron chi connectivity index (χ3n) is 6.56. The maximum absolute atomic E-state index is 12.8. The molecule has 0 unspecified atom stereocenters. The highest BCUT2D eigenvalue weighted by Crippen LogP contribution is 2.44. The molecule has 0 aliphatic carbocycles. The number of nitrogens with one attached hydrogen (secondary N) is 1. The van der Waals surface area contributed by atoms with E-state index in [0.717, 1.165) is 28.8 Å². The second kappa shape index (κ2) is 12.0. The monoisotopic (exact) mass is 501 g/mol. The fraction of sp³-hybridized carbons (Fsp3) is 0.536. The van der Waals surface area contributed by atoms with E-state index in [1.54, 1.807) is 0 Å². The van der Waals surface area contributed by atoms with Crippen molar-refractivity contribution in [3.63, 3.8) is 0 Å². The van der Waals surface area contributed by atoms with Crippen molar-refractivity contribution in [3.8, 4) is 5.75 Å². The SMILES string of the molecule is CCC(CC)(c1ccc(OCC(=O)C(C)(C)C)c(C)c1)c1cc(C)c(C(=O)CNCC(=O)OC)s1. The molecule has 0 saturated heterocycles. The van der Waals surface area contributed by atoms with Crippen LogP contribution in [0, 0.1) is 19.3 Å². The molecule has 0 amide bonds. The number of thiophene rings is 1. The number of methoxy groups -OCH3 is 1. The van der Waals surface area contributed by atoms with Crippen molar-refractivity contribution in [2.24, 2.45) is 5.41 Å². The second-order valence-corrected chi connectivity index (χ2v) is 11.0. The maximum Gasteiger partial charge on any atom is 0.319 e. The van der Waals surface area contributed by atoms with E-state index in [2.05, 4.69) is 42.1 Å². The van der Waals surface area contributed by atoms with Gasteiger partial charge in [-0.05, 0) is 55.5 Å². The van der Waals surface area contributed by atoms with Crippen LogP contribution in [0.2, 0.25) is 0 Å². The van der Waals surface area contributed by atoms with Gasteiger partial charge in [0.05, 0.1) is 25.1 Å². The number of ether oxygens (including phenoxy) is 2. The number of hydrogen-bond donors (Lipinski definition) is 1. The number of esters is 1. The Labute approximate surface area is 213 Å². The molecule has 7 heteroatoms. The minimum atomic E-state index is -0.436. The summed E-state index contributed by atoms with van der Waals surface area (Å²) in [5, 5.41) is 2.86. The van der Waals surface area contributed by atoms with Crippen LogP contribution in [0.1, 0.15) is 78.7 Å². The van der Waals surface area contributed by atoms with Crippen molar-refractivity contribution in [2.45, 2.75) is 66.7 Å². The molecule has 2 aromatic rings. The van der Waals surface area contributed by atoms with Crippen LogP contribution < -0.4 is 10.1 Å². The highest BCUT2D eigenvalue weighted by atomic mass is 32.1. The van der Waals surface area contributed by atoms with Crippen LogP contribution in [0.15, 0.2) is 24.3 Å². The zero-order valence-corrected chi connectivity index (χ0v) is 23.1. The fourth-order valence-corrected chi connectivity index (χ4v) is 5.51. The average molecular weight is 502 g/mol. The van der Waals surface area contributed by atoms with E-state index in [0.29, 0.717) is 10.6 Å². The van der Waals surface area contributed by atoms with Gasteiger partial charge in [-0.15, -0.1) is 11.3 Å². The van der Waals surface area contributed by atoms with Crippen LogP contribution in [0.25, 0.3) is 0 Å². The Morgan fingerprint density at radius 1 is 0.971 bits per heavy atom. The molecular weight excluding hydrogens is 462 g/mol. The molecule has 0 fully saturated rings. The van der Waals surface area contributed by atoms with E-state index < -0.39 is 11.4 Å². The van der Waals surface area contributed by atoms with Crippen molar-refractivity contribution in [1.29, 1.82) is 0 Å². The number of rotatable bonds is 12. The summed E-state index contributed by atoms with van der Waals surface area (Å²) in [6.07, 6.45) is 1.75. The van der Waals surface area contributed by atoms with E-state index >= 15 is 0 Å². The van der Waals surface area contributed by atoms with Gasteiger partial charge in [0, 0.05) is 15.7 Å². The minimum absolute atomic E-state index is 0.00240. The highest BCUT2D eigenvalue weighted by molar-refractivity contribution is 7.14. The summed E-state index contributed by atoms with van der Waals surface area (Å²) in [5.74, 6) is 0.335. The van der Waals surface area contributed by atoms with E-state index in [1.807, 2.05) is 40.7 Å². The van der Waals surface area contributed by atoms with Gasteiger partial charge in [0.2, 0.25) is 0 Å². The standard InChI is InChI=1S/C28H39NO5S/c1-9-28(10-2,20-11-12-22(18(3)13-20)34-17-23(31)27(5,6)7)24-14-19(4)26(35-24)21(30)15-29-16-25(32)33-8/h11-14,29H,9-10,15-17H2,1-8H3. The van der Waals surface area contributed by atoms with E-state index in [9.17, 15) is 14.4 Å². The van der Waals surface area contributed by atoms with Gasteiger partial charge < -0.3 is 9.47 Å². The van der Waals surface area contributed by atoms with Gasteiger partial charge in [0.15, 0.2) is 11.6 Å². The van der Waals surface area contributed by atoms with Crippen LogP contribution >= 0.6 is 11.3 Å². The molecule has 0 spiro atoms. The van der Waals surface area contributed by atoms with E-state index in [-0.39, 0.29) is 36.7 Å². The lowest BCUT2D eigenvalue weighted by atomic mass is 9.74. The number of Topliss-reactive ketones (excluding diaryl/α,β-unsaturated/α-hetero) is 2. The van der Waals surface area contributed by atoms with Gasteiger partial charge in [0.25, 0.3) is 0 Å². The molecule has 0 saturated carbocycles. The van der Waals surface area contributed by atoms with Crippen molar-refractivity contribution >= 4 is 28.9 Å². The molecule has 0 atom stereocenters. The lowest BCUT2D eigenvalue weighted by molar-refractivity contribution is -0.139. The van der Waals surface area contributed by atoms with Gasteiger partial charge in [-0.25, -0.2) is 0 Å². The molecule has 2 rings (SSSR count). The van der Waals surface area contributed by atoms with Gasteiger partial charge in [-0.1, -0.05) is 46.8 Å². The van der Waals surface area contributed by atoms with Crippen LogP contribution in [-0.4, -0.2) is 44.3 Å². The molecule has 0 bridgehead atoms. The highest BCUT2D eigenvalue weighted by Gasteiger charge is 2.34. The number of hydrogen-bond acceptors (Lipinski definition) is 7. The van der Waals surface area contributed by atoms with E-state index in [1.165, 1.54) is 24.0 Å². The fourth-order valence-electron chi connectivity index (χ4n) is 4.04. The predicted molar refractivity (Wildman–Crippen MR) is 141 cm³/mol. The first-order valence-electron chi connectivity index (χ1n) is 12.1. The molecule has 1 heterocycles. The molecule has 6 nitrogen and oxygen atoms in total. The third kappa shape index (κ3) is 6.79. The van der Waals surface area contributed by atoms with Crippen LogP contribution in [0.4, 0.5) is 0 Å². The number of ketones is 2. The maximum atomic E-state index is 12.8. The summed E-state index contributed by atoms with van der Waals surface area (Å²) >= 11 is 1.53. The Kier molecular flexibility index (Phi) is 9.81. The first kappa shape index (κ1) is 28.7. The van der Waals surface area contributed by atoms with Gasteiger partial charge in [-0.3, -0.25) is 19.7 Å². The zero-order chi connectivity index (χ0) is 26.4. The summed E-state index contributed by atoms with van der Waals surface area (Å²) < 4.78 is 10.5. The molecule has 0 aliphatic rings. The Balaban J connectivity index is 2.30. The third-order valence-corrected chi connectivity index (χ3v) is 8.04. The Morgan fingerprint density at radius 2 is 1.63 bits per heavy atom. The van der Waals surface area contributed by atoms with Crippen LogP contribution in [0.3, 0.4) is 0 Å². The Bertz CT molecular complexity index is 1060. The zero-order valence-electron chi connectivity index (χ0n) is 22.3. The lowest BCUT2D eigenvalue weighted by Gasteiger charge is -2.32. The normalized spacial score (nSPS) is 11.9. The van der Waals surface area contributed by atoms with Crippen molar-refractivity contribution < 1.29 is 23.9 Å². The molecule has 0 radical (unpaired) electrons. The first-order chi connectivity index (χ1) is 16.4. The number of carbonyl (C=O) groups is 3. The van der Waals surface area contributed by atoms with Crippen LogP contribution in [0.5, 0.6) is 5.75 Å². The molecule has 1 aromatic carbocycles. The summed E-state index contributed by atoms with van der Waals surface area (Å²) in [6, 6.07) is 8.28. The molecular formula is C28H39NO5S. The number of benzene rings is 1. The Hall–Kier alpha value is -2.51. The molecule has 35 heavy (non-hydrogen) atoms.